The summed E-state index contributed by atoms with van der Waals surface area (Å²) in [6.45, 7) is 1.81. The van der Waals surface area contributed by atoms with Crippen LogP contribution < -0.4 is 0 Å². The van der Waals surface area contributed by atoms with Crippen LogP contribution in [0.1, 0.15) is 16.1 Å². The summed E-state index contributed by atoms with van der Waals surface area (Å²) in [6, 6.07) is 7.99. The summed E-state index contributed by atoms with van der Waals surface area (Å²) in [5, 5.41) is 16.8. The van der Waals surface area contributed by atoms with Gasteiger partial charge in [0.15, 0.2) is 0 Å². The molecule has 20 heavy (non-hydrogen) atoms. The number of aromatic carboxylic acids is 1. The monoisotopic (exact) mass is 270 g/mol. The molecule has 0 aliphatic carbocycles. The Morgan fingerprint density at radius 1 is 1.10 bits per heavy atom. The number of rotatable bonds is 3. The van der Waals surface area contributed by atoms with E-state index in [0.29, 0.717) is 23.1 Å². The van der Waals surface area contributed by atoms with Gasteiger partial charge < -0.3 is 13.9 Å². The molecule has 0 saturated carbocycles. The Hall–Kier alpha value is -2.89. The fourth-order valence-electron chi connectivity index (χ4n) is 1.81. The number of hydrogen-bond donors (Lipinski definition) is 1. The molecule has 1 N–H and O–H groups in total. The number of carbonyl (C=O) groups is 1. The quantitative estimate of drug-likeness (QED) is 0.786. The highest BCUT2D eigenvalue weighted by Crippen LogP contribution is 2.26. The van der Waals surface area contributed by atoms with Gasteiger partial charge in [-0.2, -0.15) is 0 Å². The van der Waals surface area contributed by atoms with Crippen LogP contribution in [0.2, 0.25) is 0 Å². The smallest absolute Gasteiger partial charge is 0.335 e. The van der Waals surface area contributed by atoms with Gasteiger partial charge in [-0.15, -0.1) is 10.2 Å². The van der Waals surface area contributed by atoms with E-state index < -0.39 is 5.97 Å². The van der Waals surface area contributed by atoms with Crippen molar-refractivity contribution in [2.75, 3.05) is 0 Å². The van der Waals surface area contributed by atoms with Gasteiger partial charge in [-0.1, -0.05) is 0 Å². The van der Waals surface area contributed by atoms with Crippen molar-refractivity contribution in [3.8, 4) is 22.9 Å². The molecule has 0 atom stereocenters. The summed E-state index contributed by atoms with van der Waals surface area (Å²) in [4.78, 5) is 10.8. The van der Waals surface area contributed by atoms with Crippen LogP contribution in [-0.2, 0) is 0 Å². The average molecular weight is 270 g/mol. The van der Waals surface area contributed by atoms with Gasteiger partial charge in [0.2, 0.25) is 5.89 Å². The Balaban J connectivity index is 1.94. The lowest BCUT2D eigenvalue weighted by Crippen LogP contribution is -1.94. The van der Waals surface area contributed by atoms with Crippen molar-refractivity contribution in [2.45, 2.75) is 6.92 Å². The molecule has 6 heteroatoms. The van der Waals surface area contributed by atoms with E-state index >= 15 is 0 Å². The summed E-state index contributed by atoms with van der Waals surface area (Å²) in [5.74, 6) is 0.421. The van der Waals surface area contributed by atoms with E-state index in [1.807, 2.05) is 0 Å². The molecule has 3 aromatic rings. The van der Waals surface area contributed by atoms with E-state index in [0.717, 1.165) is 5.56 Å². The summed E-state index contributed by atoms with van der Waals surface area (Å²) in [7, 11) is 0. The van der Waals surface area contributed by atoms with Gasteiger partial charge in [0.1, 0.15) is 5.76 Å². The SMILES string of the molecule is Cc1occc1-c1nnc(-c2ccc(C(=O)O)cc2)o1. The van der Waals surface area contributed by atoms with Gasteiger partial charge in [-0.05, 0) is 37.3 Å². The highest BCUT2D eigenvalue weighted by molar-refractivity contribution is 5.88. The van der Waals surface area contributed by atoms with E-state index in [1.54, 1.807) is 31.4 Å². The molecule has 6 nitrogen and oxygen atoms in total. The molecule has 3 rings (SSSR count). The molecule has 100 valence electrons. The largest absolute Gasteiger partial charge is 0.478 e. The predicted molar refractivity (Wildman–Crippen MR) is 69.1 cm³/mol. The van der Waals surface area contributed by atoms with Gasteiger partial charge in [-0.3, -0.25) is 0 Å². The zero-order valence-corrected chi connectivity index (χ0v) is 10.5. The first kappa shape index (κ1) is 12.2. The highest BCUT2D eigenvalue weighted by Gasteiger charge is 2.14. The van der Waals surface area contributed by atoms with Gasteiger partial charge in [0, 0.05) is 5.56 Å². The standard InChI is InChI=1S/C14H10N2O4/c1-8-11(6-7-19-8)13-16-15-12(20-13)9-2-4-10(5-3-9)14(17)18/h2-7H,1H3,(H,17,18). The maximum absolute atomic E-state index is 10.8. The molecule has 0 saturated heterocycles. The minimum atomic E-state index is -0.975. The molecular formula is C14H10N2O4. The van der Waals surface area contributed by atoms with Crippen molar-refractivity contribution >= 4 is 5.97 Å². The Morgan fingerprint density at radius 2 is 1.80 bits per heavy atom. The molecule has 0 unspecified atom stereocenters. The molecule has 0 fully saturated rings. The summed E-state index contributed by atoms with van der Waals surface area (Å²) in [6.07, 6.45) is 1.55. The molecule has 2 aromatic heterocycles. The van der Waals surface area contributed by atoms with E-state index in [9.17, 15) is 4.79 Å². The van der Waals surface area contributed by atoms with Crippen LogP contribution in [0, 0.1) is 6.92 Å². The van der Waals surface area contributed by atoms with Crippen LogP contribution in [0.3, 0.4) is 0 Å². The molecule has 0 aliphatic heterocycles. The minimum Gasteiger partial charge on any atom is -0.478 e. The van der Waals surface area contributed by atoms with Crippen LogP contribution in [0.5, 0.6) is 0 Å². The number of furan rings is 1. The molecule has 0 radical (unpaired) electrons. The molecule has 0 amide bonds. The number of hydrogen-bond acceptors (Lipinski definition) is 5. The number of nitrogens with zero attached hydrogens (tertiary/aromatic N) is 2. The summed E-state index contributed by atoms with van der Waals surface area (Å²) < 4.78 is 10.7. The number of benzene rings is 1. The van der Waals surface area contributed by atoms with Crippen molar-refractivity contribution < 1.29 is 18.7 Å². The van der Waals surface area contributed by atoms with Crippen LogP contribution in [0.4, 0.5) is 0 Å². The zero-order chi connectivity index (χ0) is 14.1. The number of aryl methyl sites for hydroxylation is 1. The van der Waals surface area contributed by atoms with E-state index in [4.69, 9.17) is 13.9 Å². The second-order valence-corrected chi connectivity index (χ2v) is 4.19. The summed E-state index contributed by atoms with van der Waals surface area (Å²) in [5.41, 5.74) is 1.61. The van der Waals surface area contributed by atoms with Crippen molar-refractivity contribution in [3.63, 3.8) is 0 Å². The maximum Gasteiger partial charge on any atom is 0.335 e. The molecule has 0 aliphatic rings. The van der Waals surface area contributed by atoms with Gasteiger partial charge >= 0.3 is 5.97 Å². The fraction of sp³-hybridized carbons (Fsp3) is 0.0714. The van der Waals surface area contributed by atoms with Gasteiger partial charge in [-0.25, -0.2) is 4.79 Å². The summed E-state index contributed by atoms with van der Waals surface area (Å²) >= 11 is 0. The first-order valence-corrected chi connectivity index (χ1v) is 5.87. The Morgan fingerprint density at radius 3 is 2.40 bits per heavy atom. The average Bonchev–Trinajstić information content (AvgIpc) is 3.07. The van der Waals surface area contributed by atoms with E-state index in [-0.39, 0.29) is 5.56 Å². The van der Waals surface area contributed by atoms with Crippen molar-refractivity contribution in [1.82, 2.24) is 10.2 Å². The van der Waals surface area contributed by atoms with Crippen LogP contribution in [-0.4, -0.2) is 21.3 Å². The highest BCUT2D eigenvalue weighted by atomic mass is 16.4. The third-order valence-electron chi connectivity index (χ3n) is 2.89. The third-order valence-corrected chi connectivity index (χ3v) is 2.89. The lowest BCUT2D eigenvalue weighted by atomic mass is 10.1. The fourth-order valence-corrected chi connectivity index (χ4v) is 1.81. The van der Waals surface area contributed by atoms with Crippen molar-refractivity contribution in [3.05, 3.63) is 47.9 Å². The molecule has 2 heterocycles. The third kappa shape index (κ3) is 2.07. The second kappa shape index (κ2) is 4.65. The first-order valence-electron chi connectivity index (χ1n) is 5.87. The Labute approximate surface area is 113 Å². The lowest BCUT2D eigenvalue weighted by Gasteiger charge is -1.96. The molecular weight excluding hydrogens is 260 g/mol. The lowest BCUT2D eigenvalue weighted by molar-refractivity contribution is 0.0697. The van der Waals surface area contributed by atoms with E-state index in [2.05, 4.69) is 10.2 Å². The van der Waals surface area contributed by atoms with Crippen LogP contribution in [0.25, 0.3) is 22.9 Å². The van der Waals surface area contributed by atoms with Gasteiger partial charge in [0.05, 0.1) is 17.4 Å². The predicted octanol–water partition coefficient (Wildman–Crippen LogP) is 3.00. The zero-order valence-electron chi connectivity index (χ0n) is 10.5. The van der Waals surface area contributed by atoms with E-state index in [1.165, 1.54) is 12.1 Å². The number of carboxylic acids is 1. The van der Waals surface area contributed by atoms with Crippen molar-refractivity contribution in [2.24, 2.45) is 0 Å². The van der Waals surface area contributed by atoms with Crippen LogP contribution in [0.15, 0.2) is 45.4 Å². The minimum absolute atomic E-state index is 0.208. The molecule has 0 bridgehead atoms. The Kier molecular flexibility index (Phi) is 2.83. The number of carboxylic acid groups (broad SMARTS) is 1. The van der Waals surface area contributed by atoms with Gasteiger partial charge in [0.25, 0.3) is 5.89 Å². The number of aromatic nitrogens is 2. The molecule has 1 aromatic carbocycles. The van der Waals surface area contributed by atoms with Crippen LogP contribution >= 0.6 is 0 Å². The molecule has 0 spiro atoms. The normalized spacial score (nSPS) is 10.7. The first-order chi connectivity index (χ1) is 9.65. The Bertz CT molecular complexity index is 756. The van der Waals surface area contributed by atoms with Crippen molar-refractivity contribution in [1.29, 1.82) is 0 Å². The maximum atomic E-state index is 10.8. The topological polar surface area (TPSA) is 89.4 Å². The second-order valence-electron chi connectivity index (χ2n) is 4.19.